The number of amides is 1. The fourth-order valence-electron chi connectivity index (χ4n) is 2.57. The van der Waals surface area contributed by atoms with Crippen molar-refractivity contribution in [3.63, 3.8) is 0 Å². The maximum atomic E-state index is 12.8. The summed E-state index contributed by atoms with van der Waals surface area (Å²) in [6.07, 6.45) is 0. The normalized spacial score (nSPS) is 11.9. The Hall–Kier alpha value is -2.43. The van der Waals surface area contributed by atoms with Crippen molar-refractivity contribution < 1.29 is 10.1 Å². The smallest absolute Gasteiger partial charge is 0.287 e. The number of carbonyl (C=O) groups excluding carboxylic acids is 1. The Bertz CT molecular complexity index is 767. The number of aryl methyl sites for hydroxylation is 1. The van der Waals surface area contributed by atoms with E-state index in [2.05, 4.69) is 22.1 Å². The Kier molecular flexibility index (Phi) is 5.41. The van der Waals surface area contributed by atoms with Crippen molar-refractivity contribution in [2.24, 2.45) is 0 Å². The minimum atomic E-state index is -0.269. The lowest BCUT2D eigenvalue weighted by Crippen LogP contribution is -2.85. The lowest BCUT2D eigenvalue weighted by molar-refractivity contribution is -0.697. The first-order chi connectivity index (χ1) is 11.7. The van der Waals surface area contributed by atoms with E-state index in [-0.39, 0.29) is 11.9 Å². The Morgan fingerprint density at radius 2 is 1.79 bits per heavy atom. The molecule has 1 atom stereocenters. The van der Waals surface area contributed by atoms with Crippen LogP contribution in [0.25, 0.3) is 0 Å². The summed E-state index contributed by atoms with van der Waals surface area (Å²) in [6, 6.07) is 21.7. The number of benzene rings is 2. The Morgan fingerprint density at radius 1 is 1.04 bits per heavy atom. The second-order valence-corrected chi connectivity index (χ2v) is 6.80. The summed E-state index contributed by atoms with van der Waals surface area (Å²) in [4.78, 5) is 14.1. The highest BCUT2D eigenvalue weighted by molar-refractivity contribution is 7.09. The zero-order valence-electron chi connectivity index (χ0n) is 13.6. The Labute approximate surface area is 146 Å². The number of carbonyl (C=O) groups is 1. The molecule has 0 radical (unpaired) electrons. The fraction of sp³-hybridized carbons (Fsp3) is 0.150. The van der Waals surface area contributed by atoms with Crippen LogP contribution in [-0.2, 0) is 11.3 Å². The fourth-order valence-corrected chi connectivity index (χ4v) is 3.26. The maximum Gasteiger partial charge on any atom is 0.287 e. The van der Waals surface area contributed by atoms with Gasteiger partial charge in [-0.15, -0.1) is 11.3 Å². The summed E-state index contributed by atoms with van der Waals surface area (Å²) in [5, 5.41) is 7.18. The van der Waals surface area contributed by atoms with Crippen LogP contribution in [0.4, 0.5) is 5.69 Å². The van der Waals surface area contributed by atoms with Gasteiger partial charge in [0, 0.05) is 11.3 Å². The summed E-state index contributed by atoms with van der Waals surface area (Å²) >= 11 is 1.71. The highest BCUT2D eigenvalue weighted by atomic mass is 32.1. The first-order valence-electron chi connectivity index (χ1n) is 8.00. The van der Waals surface area contributed by atoms with E-state index in [4.69, 9.17) is 0 Å². The lowest BCUT2D eigenvalue weighted by atomic mass is 10.1. The van der Waals surface area contributed by atoms with Gasteiger partial charge >= 0.3 is 0 Å². The number of nitrogens with one attached hydrogen (secondary N) is 1. The van der Waals surface area contributed by atoms with E-state index >= 15 is 0 Å². The molecule has 0 fully saturated rings. The quantitative estimate of drug-likeness (QED) is 0.710. The first kappa shape index (κ1) is 16.4. The van der Waals surface area contributed by atoms with Crippen LogP contribution >= 0.6 is 11.3 Å². The van der Waals surface area contributed by atoms with Crippen molar-refractivity contribution in [2.75, 3.05) is 5.32 Å². The molecule has 0 aliphatic rings. The number of hydrogen-bond acceptors (Lipinski definition) is 2. The van der Waals surface area contributed by atoms with Gasteiger partial charge in [0.1, 0.15) is 6.54 Å². The lowest BCUT2D eigenvalue weighted by Gasteiger charge is -2.16. The summed E-state index contributed by atoms with van der Waals surface area (Å²) in [7, 11) is 0. The summed E-state index contributed by atoms with van der Waals surface area (Å²) < 4.78 is 0. The number of thiophene rings is 1. The van der Waals surface area contributed by atoms with Gasteiger partial charge in [0.05, 0.1) is 4.88 Å². The molecule has 122 valence electrons. The number of quaternary nitrogens is 1. The minimum absolute atomic E-state index is 0.00149. The molecular formula is C20H21N2OS+. The standard InChI is InChI=1S/C20H20N2OS/c1-15-9-11-17(12-10-15)22-20(23)19(16-6-3-2-4-7-16)21-14-18-8-5-13-24-18/h2-13,19,21H,14H2,1H3,(H,22,23)/p+1/t19-/m0/s1. The Balaban J connectivity index is 1.75. The maximum absolute atomic E-state index is 12.8. The molecular weight excluding hydrogens is 316 g/mol. The zero-order valence-corrected chi connectivity index (χ0v) is 14.4. The van der Waals surface area contributed by atoms with E-state index in [1.807, 2.05) is 67.6 Å². The zero-order chi connectivity index (χ0) is 16.8. The molecule has 3 aromatic rings. The molecule has 24 heavy (non-hydrogen) atoms. The second-order valence-electron chi connectivity index (χ2n) is 5.76. The molecule has 0 saturated carbocycles. The van der Waals surface area contributed by atoms with Gasteiger partial charge in [-0.25, -0.2) is 0 Å². The predicted octanol–water partition coefficient (Wildman–Crippen LogP) is 3.50. The van der Waals surface area contributed by atoms with E-state index in [1.165, 1.54) is 10.4 Å². The van der Waals surface area contributed by atoms with Crippen LogP contribution in [0, 0.1) is 6.92 Å². The topological polar surface area (TPSA) is 45.7 Å². The van der Waals surface area contributed by atoms with Crippen LogP contribution in [0.2, 0.25) is 0 Å². The van der Waals surface area contributed by atoms with E-state index in [9.17, 15) is 4.79 Å². The van der Waals surface area contributed by atoms with Gasteiger partial charge in [-0.1, -0.05) is 54.1 Å². The molecule has 0 aliphatic heterocycles. The summed E-state index contributed by atoms with van der Waals surface area (Å²) in [5.41, 5.74) is 3.02. The minimum Gasteiger partial charge on any atom is -0.328 e. The highest BCUT2D eigenvalue weighted by Gasteiger charge is 2.24. The molecule has 3 nitrogen and oxygen atoms in total. The average Bonchev–Trinajstić information content (AvgIpc) is 3.12. The second kappa shape index (κ2) is 7.90. The third-order valence-electron chi connectivity index (χ3n) is 3.90. The molecule has 0 unspecified atom stereocenters. The third-order valence-corrected chi connectivity index (χ3v) is 4.79. The van der Waals surface area contributed by atoms with Crippen LogP contribution in [0.5, 0.6) is 0 Å². The number of anilines is 1. The molecule has 1 heterocycles. The number of hydrogen-bond donors (Lipinski definition) is 2. The van der Waals surface area contributed by atoms with Gasteiger partial charge < -0.3 is 10.6 Å². The van der Waals surface area contributed by atoms with Crippen LogP contribution in [-0.4, -0.2) is 5.91 Å². The van der Waals surface area contributed by atoms with Gasteiger partial charge in [-0.3, -0.25) is 4.79 Å². The van der Waals surface area contributed by atoms with Crippen LogP contribution in [0.15, 0.2) is 72.1 Å². The van der Waals surface area contributed by atoms with Crippen LogP contribution in [0.1, 0.15) is 22.0 Å². The highest BCUT2D eigenvalue weighted by Crippen LogP contribution is 2.14. The monoisotopic (exact) mass is 337 g/mol. The van der Waals surface area contributed by atoms with Gasteiger partial charge in [-0.2, -0.15) is 0 Å². The molecule has 0 aliphatic carbocycles. The molecule has 1 amide bonds. The van der Waals surface area contributed by atoms with Crippen molar-refractivity contribution in [2.45, 2.75) is 19.5 Å². The number of rotatable bonds is 6. The molecule has 3 N–H and O–H groups in total. The largest absolute Gasteiger partial charge is 0.328 e. The molecule has 1 aromatic heterocycles. The molecule has 4 heteroatoms. The van der Waals surface area contributed by atoms with E-state index < -0.39 is 0 Å². The van der Waals surface area contributed by atoms with Gasteiger partial charge in [0.25, 0.3) is 5.91 Å². The van der Waals surface area contributed by atoms with E-state index in [1.54, 1.807) is 11.3 Å². The van der Waals surface area contributed by atoms with Gasteiger partial charge in [0.15, 0.2) is 6.04 Å². The van der Waals surface area contributed by atoms with Crippen molar-refractivity contribution in [1.29, 1.82) is 0 Å². The first-order valence-corrected chi connectivity index (χ1v) is 8.88. The van der Waals surface area contributed by atoms with Gasteiger partial charge in [0.2, 0.25) is 0 Å². The molecule has 0 bridgehead atoms. The van der Waals surface area contributed by atoms with E-state index in [0.29, 0.717) is 0 Å². The predicted molar refractivity (Wildman–Crippen MR) is 98.9 cm³/mol. The summed E-state index contributed by atoms with van der Waals surface area (Å²) in [5.74, 6) is 0.00149. The van der Waals surface area contributed by atoms with Crippen molar-refractivity contribution >= 4 is 22.9 Å². The van der Waals surface area contributed by atoms with Crippen LogP contribution in [0.3, 0.4) is 0 Å². The van der Waals surface area contributed by atoms with Crippen LogP contribution < -0.4 is 10.6 Å². The molecule has 0 spiro atoms. The molecule has 0 saturated heterocycles. The number of nitrogens with two attached hydrogens (primary N) is 1. The molecule has 2 aromatic carbocycles. The molecule has 3 rings (SSSR count). The van der Waals surface area contributed by atoms with Crippen molar-refractivity contribution in [3.8, 4) is 0 Å². The summed E-state index contributed by atoms with van der Waals surface area (Å²) in [6.45, 7) is 2.83. The van der Waals surface area contributed by atoms with Crippen molar-refractivity contribution in [3.05, 3.63) is 88.1 Å². The average molecular weight is 337 g/mol. The van der Waals surface area contributed by atoms with Crippen molar-refractivity contribution in [1.82, 2.24) is 0 Å². The van der Waals surface area contributed by atoms with Gasteiger partial charge in [-0.05, 0) is 30.5 Å². The SMILES string of the molecule is Cc1ccc(NC(=O)[C@@H]([NH2+]Cc2cccs2)c2ccccc2)cc1. The third kappa shape index (κ3) is 4.31. The Morgan fingerprint density at radius 3 is 2.46 bits per heavy atom. The van der Waals surface area contributed by atoms with E-state index in [0.717, 1.165) is 17.8 Å².